The molecule has 72 valence electrons. The van der Waals surface area contributed by atoms with Crippen molar-refractivity contribution >= 4 is 0 Å². The zero-order valence-electron chi connectivity index (χ0n) is 8.02. The molecule has 2 heteroatoms. The van der Waals surface area contributed by atoms with E-state index in [0.29, 0.717) is 0 Å². The minimum atomic E-state index is 0. The third-order valence-electron chi connectivity index (χ3n) is 2.05. The van der Waals surface area contributed by atoms with Crippen molar-refractivity contribution in [2.24, 2.45) is 7.05 Å². The topological polar surface area (TPSA) is 3.88 Å². The molecule has 0 unspecified atom stereocenters. The Hall–Kier alpha value is -0.900. The van der Waals surface area contributed by atoms with Crippen LogP contribution in [0.2, 0.25) is 0 Å². The summed E-state index contributed by atoms with van der Waals surface area (Å²) in [6.07, 6.45) is 4.15. The summed E-state index contributed by atoms with van der Waals surface area (Å²) in [4.78, 5) is 0. The van der Waals surface area contributed by atoms with Gasteiger partial charge in [-0.3, -0.25) is 0 Å². The number of aromatic nitrogens is 1. The number of pyridine rings is 1. The highest BCUT2D eigenvalue weighted by atomic mass is 127. The van der Waals surface area contributed by atoms with E-state index in [1.165, 1.54) is 11.1 Å². The molecule has 14 heavy (non-hydrogen) atoms. The molecule has 0 fully saturated rings. The van der Waals surface area contributed by atoms with Crippen LogP contribution in [0.5, 0.6) is 0 Å². The fourth-order valence-electron chi connectivity index (χ4n) is 1.39. The zero-order valence-corrected chi connectivity index (χ0v) is 10.2. The van der Waals surface area contributed by atoms with E-state index < -0.39 is 0 Å². The lowest BCUT2D eigenvalue weighted by Gasteiger charge is -1.97. The highest BCUT2D eigenvalue weighted by Gasteiger charge is 1.99. The maximum atomic E-state index is 2.12. The van der Waals surface area contributed by atoms with Crippen LogP contribution in [0.15, 0.2) is 54.9 Å². The molecule has 2 rings (SSSR count). The average molecular weight is 297 g/mol. The van der Waals surface area contributed by atoms with Gasteiger partial charge in [-0.1, -0.05) is 30.3 Å². The molecule has 1 aromatic carbocycles. The van der Waals surface area contributed by atoms with E-state index in [4.69, 9.17) is 0 Å². The Labute approximate surface area is 101 Å². The quantitative estimate of drug-likeness (QED) is 0.478. The van der Waals surface area contributed by atoms with Crippen molar-refractivity contribution in [1.82, 2.24) is 0 Å². The van der Waals surface area contributed by atoms with Crippen molar-refractivity contribution in [3.05, 3.63) is 54.9 Å². The van der Waals surface area contributed by atoms with E-state index in [2.05, 4.69) is 47.2 Å². The summed E-state index contributed by atoms with van der Waals surface area (Å²) in [6.45, 7) is 0. The van der Waals surface area contributed by atoms with Crippen LogP contribution in [0.4, 0.5) is 0 Å². The molecule has 1 heterocycles. The van der Waals surface area contributed by atoms with Crippen molar-refractivity contribution in [2.45, 2.75) is 0 Å². The molecule has 0 atom stereocenters. The zero-order chi connectivity index (χ0) is 9.10. The fraction of sp³-hybridized carbons (Fsp3) is 0.0833. The minimum absolute atomic E-state index is 0. The molecule has 0 saturated carbocycles. The molecule has 0 amide bonds. The molecule has 1 aromatic heterocycles. The Balaban J connectivity index is 0.000000980. The van der Waals surface area contributed by atoms with Crippen LogP contribution in [0.25, 0.3) is 11.1 Å². The summed E-state index contributed by atoms with van der Waals surface area (Å²) in [6, 6.07) is 14.6. The number of hydrogen-bond acceptors (Lipinski definition) is 0. The molecule has 0 spiro atoms. The second-order valence-corrected chi connectivity index (χ2v) is 3.12. The van der Waals surface area contributed by atoms with Crippen LogP contribution in [-0.2, 0) is 7.05 Å². The summed E-state index contributed by atoms with van der Waals surface area (Å²) >= 11 is 0. The maximum absolute atomic E-state index is 2.12. The van der Waals surface area contributed by atoms with E-state index in [-0.39, 0.29) is 24.0 Å². The Kier molecular flexibility index (Phi) is 4.07. The van der Waals surface area contributed by atoms with Gasteiger partial charge in [0.15, 0.2) is 12.4 Å². The van der Waals surface area contributed by atoms with E-state index in [9.17, 15) is 0 Å². The lowest BCUT2D eigenvalue weighted by Crippen LogP contribution is -3.00. The predicted octanol–water partition coefficient (Wildman–Crippen LogP) is -0.818. The van der Waals surface area contributed by atoms with Gasteiger partial charge >= 0.3 is 0 Å². The molecule has 0 saturated heterocycles. The van der Waals surface area contributed by atoms with Crippen LogP contribution in [0.1, 0.15) is 0 Å². The predicted molar refractivity (Wildman–Crippen MR) is 53.1 cm³/mol. The van der Waals surface area contributed by atoms with Crippen LogP contribution >= 0.6 is 0 Å². The van der Waals surface area contributed by atoms with Gasteiger partial charge in [0.1, 0.15) is 7.05 Å². The van der Waals surface area contributed by atoms with Crippen molar-refractivity contribution in [1.29, 1.82) is 0 Å². The van der Waals surface area contributed by atoms with Crippen LogP contribution in [-0.4, -0.2) is 0 Å². The number of halogens is 1. The molecular formula is C12H12IN. The van der Waals surface area contributed by atoms with Crippen molar-refractivity contribution in [2.75, 3.05) is 0 Å². The standard InChI is InChI=1S/C12H12N.HI/c1-13-9-5-8-12(10-13)11-6-3-2-4-7-11;/h2-10H,1H3;1H/q+1;/p-1. The molecule has 0 aliphatic carbocycles. The Morgan fingerprint density at radius 3 is 2.14 bits per heavy atom. The van der Waals surface area contributed by atoms with E-state index in [1.54, 1.807) is 0 Å². The average Bonchev–Trinajstić information content (AvgIpc) is 2.19. The lowest BCUT2D eigenvalue weighted by molar-refractivity contribution is -0.671. The number of aryl methyl sites for hydroxylation is 1. The second kappa shape index (κ2) is 5.10. The molecular weight excluding hydrogens is 285 g/mol. The Morgan fingerprint density at radius 1 is 0.857 bits per heavy atom. The van der Waals surface area contributed by atoms with Crippen LogP contribution in [0, 0.1) is 0 Å². The smallest absolute Gasteiger partial charge is 0.176 e. The van der Waals surface area contributed by atoms with E-state index in [0.717, 1.165) is 0 Å². The fourth-order valence-corrected chi connectivity index (χ4v) is 1.39. The molecule has 0 radical (unpaired) electrons. The van der Waals surface area contributed by atoms with Crippen molar-refractivity contribution < 1.29 is 28.5 Å². The third-order valence-corrected chi connectivity index (χ3v) is 2.05. The van der Waals surface area contributed by atoms with E-state index >= 15 is 0 Å². The first-order chi connectivity index (χ1) is 6.36. The van der Waals surface area contributed by atoms with Gasteiger partial charge in [-0.25, -0.2) is 4.57 Å². The summed E-state index contributed by atoms with van der Waals surface area (Å²) < 4.78 is 2.06. The van der Waals surface area contributed by atoms with Crippen molar-refractivity contribution in [3.8, 4) is 11.1 Å². The van der Waals surface area contributed by atoms with Gasteiger partial charge < -0.3 is 24.0 Å². The van der Waals surface area contributed by atoms with Gasteiger partial charge in [0.2, 0.25) is 0 Å². The molecule has 2 aromatic rings. The highest BCUT2D eigenvalue weighted by Crippen LogP contribution is 2.15. The second-order valence-electron chi connectivity index (χ2n) is 3.12. The van der Waals surface area contributed by atoms with Gasteiger partial charge in [-0.15, -0.1) is 0 Å². The Bertz CT molecular complexity index is 398. The van der Waals surface area contributed by atoms with Gasteiger partial charge in [0.05, 0.1) is 0 Å². The van der Waals surface area contributed by atoms with Gasteiger partial charge in [0.25, 0.3) is 0 Å². The highest BCUT2D eigenvalue weighted by molar-refractivity contribution is 5.61. The van der Waals surface area contributed by atoms with Crippen molar-refractivity contribution in [3.63, 3.8) is 0 Å². The number of rotatable bonds is 1. The Morgan fingerprint density at radius 2 is 1.50 bits per heavy atom. The number of nitrogens with zero attached hydrogens (tertiary/aromatic N) is 1. The first-order valence-corrected chi connectivity index (χ1v) is 4.37. The molecule has 0 N–H and O–H groups in total. The van der Waals surface area contributed by atoms with Gasteiger partial charge in [0, 0.05) is 11.6 Å². The summed E-state index contributed by atoms with van der Waals surface area (Å²) in [5, 5.41) is 0. The van der Waals surface area contributed by atoms with Gasteiger partial charge in [-0.05, 0) is 11.6 Å². The number of benzene rings is 1. The summed E-state index contributed by atoms with van der Waals surface area (Å²) in [5.74, 6) is 0. The van der Waals surface area contributed by atoms with Crippen LogP contribution < -0.4 is 28.5 Å². The minimum Gasteiger partial charge on any atom is -1.00 e. The maximum Gasteiger partial charge on any atom is 0.176 e. The molecule has 0 aliphatic rings. The largest absolute Gasteiger partial charge is 1.00 e. The normalized spacial score (nSPS) is 9.21. The monoisotopic (exact) mass is 297 g/mol. The van der Waals surface area contributed by atoms with Crippen LogP contribution in [0.3, 0.4) is 0 Å². The number of hydrogen-bond donors (Lipinski definition) is 0. The summed E-state index contributed by atoms with van der Waals surface area (Å²) in [7, 11) is 2.03. The lowest BCUT2D eigenvalue weighted by atomic mass is 10.1. The van der Waals surface area contributed by atoms with E-state index in [1.807, 2.05) is 19.3 Å². The first kappa shape index (κ1) is 11.2. The molecule has 1 nitrogen and oxygen atoms in total. The first-order valence-electron chi connectivity index (χ1n) is 4.37. The molecule has 0 aliphatic heterocycles. The third kappa shape index (κ3) is 2.54. The van der Waals surface area contributed by atoms with Gasteiger partial charge in [-0.2, -0.15) is 0 Å². The SMILES string of the molecule is C[n+]1cccc(-c2ccccc2)c1.[I-]. The summed E-state index contributed by atoms with van der Waals surface area (Å²) in [5.41, 5.74) is 2.52. The molecule has 0 bridgehead atoms.